The van der Waals surface area contributed by atoms with Gasteiger partial charge in [0.1, 0.15) is 0 Å². The molecule has 1 aromatic carbocycles. The van der Waals surface area contributed by atoms with Crippen LogP contribution in [0.1, 0.15) is 55.8 Å². The maximum absolute atomic E-state index is 12.2. The zero-order valence-electron chi connectivity index (χ0n) is 12.1. The van der Waals surface area contributed by atoms with Gasteiger partial charge in [-0.2, -0.15) is 0 Å². The van der Waals surface area contributed by atoms with Crippen molar-refractivity contribution in [2.75, 3.05) is 0 Å². The molecule has 0 aliphatic rings. The van der Waals surface area contributed by atoms with Crippen molar-refractivity contribution in [3.05, 3.63) is 33.4 Å². The number of rotatable bonds is 6. The van der Waals surface area contributed by atoms with E-state index in [0.717, 1.165) is 40.0 Å². The Bertz CT molecular complexity index is 654. The molecule has 4 heteroatoms. The number of hydrogen-bond acceptors (Lipinski definition) is 3. The summed E-state index contributed by atoms with van der Waals surface area (Å²) in [7, 11) is 0. The molecular formula is C16H21NO2S. The monoisotopic (exact) mass is 291 g/mol. The summed E-state index contributed by atoms with van der Waals surface area (Å²) in [6, 6.07) is 5.78. The highest BCUT2D eigenvalue weighted by atomic mass is 32.1. The lowest BCUT2D eigenvalue weighted by Gasteiger charge is -2.03. The fraction of sp³-hybridized carbons (Fsp3) is 0.500. The van der Waals surface area contributed by atoms with E-state index in [1.165, 1.54) is 23.8 Å². The van der Waals surface area contributed by atoms with Crippen LogP contribution in [0, 0.1) is 6.92 Å². The highest BCUT2D eigenvalue weighted by Crippen LogP contribution is 2.19. The average Bonchev–Trinajstić information content (AvgIpc) is 2.73. The standard InChI is InChI=1S/C16H21NO2S/c1-3-4-5-6-7-8-15(18)17-13-10-9-12(2)11-14(13)20-16(17)19/h9-11H,3-8H2,1-2H3. The highest BCUT2D eigenvalue weighted by molar-refractivity contribution is 7.16. The van der Waals surface area contributed by atoms with Crippen LogP contribution < -0.4 is 4.87 Å². The van der Waals surface area contributed by atoms with Crippen LogP contribution in [0.15, 0.2) is 23.0 Å². The molecule has 108 valence electrons. The van der Waals surface area contributed by atoms with E-state index in [0.29, 0.717) is 6.42 Å². The van der Waals surface area contributed by atoms with Crippen molar-refractivity contribution in [3.63, 3.8) is 0 Å². The van der Waals surface area contributed by atoms with Gasteiger partial charge in [0.05, 0.1) is 10.2 Å². The second-order valence-electron chi connectivity index (χ2n) is 5.23. The molecule has 0 atom stereocenters. The number of fused-ring (bicyclic) bond motifs is 1. The third-order valence-corrected chi connectivity index (χ3v) is 4.38. The summed E-state index contributed by atoms with van der Waals surface area (Å²) in [5, 5.41) is 0. The molecule has 2 aromatic rings. The quantitative estimate of drug-likeness (QED) is 0.741. The summed E-state index contributed by atoms with van der Waals surface area (Å²) in [5.41, 5.74) is 1.86. The molecule has 20 heavy (non-hydrogen) atoms. The molecule has 0 unspecified atom stereocenters. The predicted octanol–water partition coefficient (Wildman–Crippen LogP) is 4.37. The van der Waals surface area contributed by atoms with Crippen LogP contribution in [0.3, 0.4) is 0 Å². The average molecular weight is 291 g/mol. The topological polar surface area (TPSA) is 39.1 Å². The molecule has 0 amide bonds. The zero-order chi connectivity index (χ0) is 14.5. The second kappa shape index (κ2) is 6.84. The van der Waals surface area contributed by atoms with Crippen LogP contribution in [0.4, 0.5) is 0 Å². The summed E-state index contributed by atoms with van der Waals surface area (Å²) >= 11 is 1.16. The van der Waals surface area contributed by atoms with Crippen LogP contribution >= 0.6 is 11.3 Å². The fourth-order valence-electron chi connectivity index (χ4n) is 2.35. The first-order valence-electron chi connectivity index (χ1n) is 7.29. The first-order chi connectivity index (χ1) is 9.63. The molecule has 0 bridgehead atoms. The minimum Gasteiger partial charge on any atom is -0.274 e. The van der Waals surface area contributed by atoms with Crippen LogP contribution in [0.25, 0.3) is 10.2 Å². The van der Waals surface area contributed by atoms with E-state index in [1.54, 1.807) is 0 Å². The minimum atomic E-state index is -0.163. The number of aromatic nitrogens is 1. The van der Waals surface area contributed by atoms with Crippen molar-refractivity contribution in [3.8, 4) is 0 Å². The Morgan fingerprint density at radius 2 is 1.95 bits per heavy atom. The lowest BCUT2D eigenvalue weighted by Crippen LogP contribution is -2.21. The van der Waals surface area contributed by atoms with Gasteiger partial charge in [-0.15, -0.1) is 0 Å². The van der Waals surface area contributed by atoms with E-state index in [4.69, 9.17) is 0 Å². The van der Waals surface area contributed by atoms with E-state index in [1.807, 2.05) is 25.1 Å². The summed E-state index contributed by atoms with van der Waals surface area (Å²) in [6.07, 6.45) is 5.98. The maximum Gasteiger partial charge on any atom is 0.314 e. The summed E-state index contributed by atoms with van der Waals surface area (Å²) < 4.78 is 2.24. The molecule has 0 aliphatic heterocycles. The van der Waals surface area contributed by atoms with Crippen molar-refractivity contribution < 1.29 is 4.79 Å². The molecule has 0 spiro atoms. The normalized spacial score (nSPS) is 11.1. The Balaban J connectivity index is 2.10. The molecule has 1 heterocycles. The molecule has 3 nitrogen and oxygen atoms in total. The van der Waals surface area contributed by atoms with E-state index in [-0.39, 0.29) is 10.8 Å². The molecule has 1 aromatic heterocycles. The van der Waals surface area contributed by atoms with Gasteiger partial charge in [0.2, 0.25) is 5.91 Å². The van der Waals surface area contributed by atoms with Crippen molar-refractivity contribution in [2.24, 2.45) is 0 Å². The Morgan fingerprint density at radius 1 is 1.20 bits per heavy atom. The Labute approximate surface area is 123 Å². The highest BCUT2D eigenvalue weighted by Gasteiger charge is 2.13. The fourth-order valence-corrected chi connectivity index (χ4v) is 3.34. The Hall–Kier alpha value is -1.42. The third kappa shape index (κ3) is 3.37. The summed E-state index contributed by atoms with van der Waals surface area (Å²) in [4.78, 5) is 24.1. The van der Waals surface area contributed by atoms with Crippen LogP contribution in [-0.2, 0) is 0 Å². The van der Waals surface area contributed by atoms with Crippen LogP contribution in [0.5, 0.6) is 0 Å². The molecule has 0 N–H and O–H groups in total. The molecule has 0 saturated heterocycles. The van der Waals surface area contributed by atoms with Gasteiger partial charge < -0.3 is 0 Å². The minimum absolute atomic E-state index is 0.0680. The number of aryl methyl sites for hydroxylation is 1. The number of carbonyl (C=O) groups excluding carboxylic acids is 1. The van der Waals surface area contributed by atoms with Gasteiger partial charge in [-0.3, -0.25) is 9.59 Å². The van der Waals surface area contributed by atoms with E-state index in [9.17, 15) is 9.59 Å². The van der Waals surface area contributed by atoms with Gasteiger partial charge in [-0.05, 0) is 31.0 Å². The largest absolute Gasteiger partial charge is 0.314 e. The molecular weight excluding hydrogens is 270 g/mol. The smallest absolute Gasteiger partial charge is 0.274 e. The SMILES string of the molecule is CCCCCCCC(=O)n1c(=O)sc2cc(C)ccc21. The lowest BCUT2D eigenvalue weighted by atomic mass is 10.1. The van der Waals surface area contributed by atoms with Gasteiger partial charge in [-0.25, -0.2) is 4.57 Å². The number of unbranched alkanes of at least 4 members (excludes halogenated alkanes) is 4. The summed E-state index contributed by atoms with van der Waals surface area (Å²) in [5.74, 6) is -0.0680. The lowest BCUT2D eigenvalue weighted by molar-refractivity contribution is 0.0902. The first kappa shape index (κ1) is 15.0. The number of hydrogen-bond donors (Lipinski definition) is 0. The van der Waals surface area contributed by atoms with E-state index in [2.05, 4.69) is 6.92 Å². The molecule has 0 aliphatic carbocycles. The number of benzene rings is 1. The number of nitrogens with zero attached hydrogens (tertiary/aromatic N) is 1. The van der Waals surface area contributed by atoms with Gasteiger partial charge in [0.15, 0.2) is 0 Å². The molecule has 2 rings (SSSR count). The van der Waals surface area contributed by atoms with Gasteiger partial charge >= 0.3 is 4.87 Å². The van der Waals surface area contributed by atoms with Crippen LogP contribution in [-0.4, -0.2) is 10.5 Å². The van der Waals surface area contributed by atoms with E-state index < -0.39 is 0 Å². The number of thiazole rings is 1. The third-order valence-electron chi connectivity index (χ3n) is 3.48. The van der Waals surface area contributed by atoms with Crippen molar-refractivity contribution in [2.45, 2.75) is 52.4 Å². The van der Waals surface area contributed by atoms with E-state index >= 15 is 0 Å². The van der Waals surface area contributed by atoms with Crippen molar-refractivity contribution in [1.82, 2.24) is 4.57 Å². The van der Waals surface area contributed by atoms with Gasteiger partial charge in [-0.1, -0.05) is 50.0 Å². The molecule has 0 saturated carbocycles. The maximum atomic E-state index is 12.2. The number of carbonyl (C=O) groups is 1. The van der Waals surface area contributed by atoms with Crippen molar-refractivity contribution >= 4 is 27.5 Å². The summed E-state index contributed by atoms with van der Waals surface area (Å²) in [6.45, 7) is 4.16. The Kier molecular flexibility index (Phi) is 5.12. The first-order valence-corrected chi connectivity index (χ1v) is 8.10. The van der Waals surface area contributed by atoms with Crippen LogP contribution in [0.2, 0.25) is 0 Å². The Morgan fingerprint density at radius 3 is 2.70 bits per heavy atom. The molecule has 0 radical (unpaired) electrons. The second-order valence-corrected chi connectivity index (χ2v) is 6.23. The zero-order valence-corrected chi connectivity index (χ0v) is 13.0. The predicted molar refractivity (Wildman–Crippen MR) is 84.8 cm³/mol. The molecule has 0 fully saturated rings. The van der Waals surface area contributed by atoms with Gasteiger partial charge in [0, 0.05) is 6.42 Å². The van der Waals surface area contributed by atoms with Crippen molar-refractivity contribution in [1.29, 1.82) is 0 Å². The van der Waals surface area contributed by atoms with Gasteiger partial charge in [0.25, 0.3) is 0 Å².